The summed E-state index contributed by atoms with van der Waals surface area (Å²) in [6.45, 7) is 4.22. The molecule has 0 fully saturated rings. The van der Waals surface area contributed by atoms with E-state index in [2.05, 4.69) is 4.72 Å². The van der Waals surface area contributed by atoms with E-state index in [1.54, 1.807) is 19.1 Å². The molecule has 1 aromatic rings. The van der Waals surface area contributed by atoms with Crippen molar-refractivity contribution in [3.8, 4) is 5.75 Å². The summed E-state index contributed by atoms with van der Waals surface area (Å²) in [5, 5.41) is 10.0. The lowest BCUT2D eigenvalue weighted by molar-refractivity contribution is 0.0292. The van der Waals surface area contributed by atoms with Crippen LogP contribution in [0, 0.1) is 0 Å². The van der Waals surface area contributed by atoms with Crippen LogP contribution in [-0.4, -0.2) is 46.0 Å². The first-order chi connectivity index (χ1) is 9.80. The third-order valence-corrected chi connectivity index (χ3v) is 4.35. The zero-order valence-corrected chi connectivity index (χ0v) is 13.4. The number of sulfonamides is 1. The van der Waals surface area contributed by atoms with E-state index in [-0.39, 0.29) is 11.4 Å². The molecule has 0 amide bonds. The Morgan fingerprint density at radius 2 is 1.90 bits per heavy atom. The molecular weight excluding hydrogens is 294 g/mol. The Kier molecular flexibility index (Phi) is 6.60. The minimum absolute atomic E-state index is 0.0775. The summed E-state index contributed by atoms with van der Waals surface area (Å²) in [5.41, 5.74) is -1.16. The lowest BCUT2D eigenvalue weighted by atomic mass is 10.0. The number of methoxy groups -OCH3 is 1. The fourth-order valence-corrected chi connectivity index (χ4v) is 2.79. The van der Waals surface area contributed by atoms with E-state index < -0.39 is 15.6 Å². The van der Waals surface area contributed by atoms with Gasteiger partial charge in [-0.3, -0.25) is 0 Å². The molecule has 120 valence electrons. The van der Waals surface area contributed by atoms with Crippen molar-refractivity contribution in [3.63, 3.8) is 0 Å². The molecule has 1 atom stereocenters. The van der Waals surface area contributed by atoms with Crippen molar-refractivity contribution in [1.29, 1.82) is 0 Å². The first-order valence-corrected chi connectivity index (χ1v) is 8.23. The highest BCUT2D eigenvalue weighted by Gasteiger charge is 2.24. The summed E-state index contributed by atoms with van der Waals surface area (Å²) in [6.07, 6.45) is 0.343. The summed E-state index contributed by atoms with van der Waals surface area (Å²) < 4.78 is 36.8. The Labute approximate surface area is 126 Å². The zero-order valence-electron chi connectivity index (χ0n) is 12.6. The van der Waals surface area contributed by atoms with Gasteiger partial charge in [0.1, 0.15) is 5.75 Å². The molecule has 0 spiro atoms. The molecule has 0 bridgehead atoms. The molecule has 0 aliphatic carbocycles. The van der Waals surface area contributed by atoms with E-state index in [4.69, 9.17) is 9.47 Å². The van der Waals surface area contributed by atoms with Crippen molar-refractivity contribution < 1.29 is 23.0 Å². The van der Waals surface area contributed by atoms with E-state index in [1.807, 2.05) is 6.92 Å². The topological polar surface area (TPSA) is 84.9 Å². The van der Waals surface area contributed by atoms with Crippen molar-refractivity contribution in [2.75, 3.05) is 26.9 Å². The van der Waals surface area contributed by atoms with E-state index in [0.29, 0.717) is 25.4 Å². The second-order valence-electron chi connectivity index (χ2n) is 4.97. The molecule has 21 heavy (non-hydrogen) atoms. The predicted molar refractivity (Wildman–Crippen MR) is 79.9 cm³/mol. The van der Waals surface area contributed by atoms with Crippen LogP contribution in [0.15, 0.2) is 29.2 Å². The molecule has 1 unspecified atom stereocenters. The second kappa shape index (κ2) is 7.74. The van der Waals surface area contributed by atoms with Crippen LogP contribution in [0.3, 0.4) is 0 Å². The second-order valence-corrected chi connectivity index (χ2v) is 6.74. The number of benzene rings is 1. The molecule has 0 heterocycles. The van der Waals surface area contributed by atoms with Gasteiger partial charge in [0, 0.05) is 26.7 Å². The van der Waals surface area contributed by atoms with Gasteiger partial charge in [-0.05, 0) is 38.1 Å². The maximum atomic E-state index is 12.1. The molecule has 7 heteroatoms. The van der Waals surface area contributed by atoms with Gasteiger partial charge in [0.2, 0.25) is 10.0 Å². The van der Waals surface area contributed by atoms with Crippen LogP contribution >= 0.6 is 0 Å². The van der Waals surface area contributed by atoms with Crippen LogP contribution in [0.25, 0.3) is 0 Å². The fourth-order valence-electron chi connectivity index (χ4n) is 1.63. The van der Waals surface area contributed by atoms with E-state index >= 15 is 0 Å². The Balaban J connectivity index is 2.68. The first kappa shape index (κ1) is 17.9. The van der Waals surface area contributed by atoms with Gasteiger partial charge in [-0.2, -0.15) is 0 Å². The Morgan fingerprint density at radius 1 is 1.29 bits per heavy atom. The normalized spacial score (nSPS) is 14.7. The van der Waals surface area contributed by atoms with Crippen LogP contribution < -0.4 is 9.46 Å². The van der Waals surface area contributed by atoms with Crippen molar-refractivity contribution in [1.82, 2.24) is 4.72 Å². The Hall–Kier alpha value is -1.15. The molecular formula is C14H23NO5S. The van der Waals surface area contributed by atoms with E-state index in [0.717, 1.165) is 0 Å². The summed E-state index contributed by atoms with van der Waals surface area (Å²) in [5.74, 6) is 0.614. The molecule has 0 aromatic heterocycles. The van der Waals surface area contributed by atoms with E-state index in [1.165, 1.54) is 19.2 Å². The van der Waals surface area contributed by atoms with Gasteiger partial charge in [-0.1, -0.05) is 0 Å². The molecule has 6 nitrogen and oxygen atoms in total. The van der Waals surface area contributed by atoms with Gasteiger partial charge < -0.3 is 14.6 Å². The third kappa shape index (κ3) is 6.01. The highest BCUT2D eigenvalue weighted by molar-refractivity contribution is 7.89. The number of hydrogen-bond donors (Lipinski definition) is 2. The van der Waals surface area contributed by atoms with Crippen LogP contribution in [-0.2, 0) is 14.8 Å². The summed E-state index contributed by atoms with van der Waals surface area (Å²) in [4.78, 5) is 0.133. The van der Waals surface area contributed by atoms with Crippen molar-refractivity contribution >= 4 is 10.0 Å². The molecule has 0 aliphatic heterocycles. The maximum absolute atomic E-state index is 12.1. The lowest BCUT2D eigenvalue weighted by Gasteiger charge is -2.23. The zero-order chi connectivity index (χ0) is 15.9. The van der Waals surface area contributed by atoms with Crippen LogP contribution in [0.4, 0.5) is 0 Å². The summed E-state index contributed by atoms with van der Waals surface area (Å²) in [7, 11) is -2.13. The van der Waals surface area contributed by atoms with Gasteiger partial charge in [0.15, 0.2) is 0 Å². The monoisotopic (exact) mass is 317 g/mol. The number of ether oxygens (including phenoxy) is 2. The highest BCUT2D eigenvalue weighted by Crippen LogP contribution is 2.16. The fraction of sp³-hybridized carbons (Fsp3) is 0.571. The minimum atomic E-state index is -3.66. The number of nitrogens with one attached hydrogen (secondary N) is 1. The molecule has 0 saturated heterocycles. The highest BCUT2D eigenvalue weighted by atomic mass is 32.2. The number of rotatable bonds is 9. The standard InChI is InChI=1S/C14H23NO5S/c1-4-20-12-5-7-13(8-6-12)21(17,18)15-11-14(2,16)9-10-19-3/h5-8,15-16H,4,9-11H2,1-3H3. The average molecular weight is 317 g/mol. The number of aliphatic hydroxyl groups is 1. The molecule has 0 saturated carbocycles. The van der Waals surface area contributed by atoms with Gasteiger partial charge >= 0.3 is 0 Å². The largest absolute Gasteiger partial charge is 0.494 e. The SMILES string of the molecule is CCOc1ccc(S(=O)(=O)NCC(C)(O)CCOC)cc1. The quantitative estimate of drug-likeness (QED) is 0.714. The first-order valence-electron chi connectivity index (χ1n) is 6.74. The smallest absolute Gasteiger partial charge is 0.240 e. The number of hydrogen-bond acceptors (Lipinski definition) is 5. The van der Waals surface area contributed by atoms with Gasteiger partial charge in [0.05, 0.1) is 17.1 Å². The lowest BCUT2D eigenvalue weighted by Crippen LogP contribution is -2.41. The molecule has 1 rings (SSSR count). The molecule has 0 aliphatic rings. The predicted octanol–water partition coefficient (Wildman–Crippen LogP) is 1.15. The van der Waals surface area contributed by atoms with Crippen LogP contribution in [0.5, 0.6) is 5.75 Å². The molecule has 2 N–H and O–H groups in total. The minimum Gasteiger partial charge on any atom is -0.494 e. The third-order valence-electron chi connectivity index (χ3n) is 2.93. The molecule has 1 aromatic carbocycles. The van der Waals surface area contributed by atoms with Crippen LogP contribution in [0.1, 0.15) is 20.3 Å². The van der Waals surface area contributed by atoms with Crippen molar-refractivity contribution in [3.05, 3.63) is 24.3 Å². The maximum Gasteiger partial charge on any atom is 0.240 e. The summed E-state index contributed by atoms with van der Waals surface area (Å²) >= 11 is 0. The van der Waals surface area contributed by atoms with Crippen LogP contribution in [0.2, 0.25) is 0 Å². The van der Waals surface area contributed by atoms with E-state index in [9.17, 15) is 13.5 Å². The summed E-state index contributed by atoms with van der Waals surface area (Å²) in [6, 6.07) is 6.14. The Bertz CT molecular complexity index is 525. The van der Waals surface area contributed by atoms with Crippen molar-refractivity contribution in [2.45, 2.75) is 30.8 Å². The van der Waals surface area contributed by atoms with Crippen molar-refractivity contribution in [2.24, 2.45) is 0 Å². The average Bonchev–Trinajstić information content (AvgIpc) is 2.44. The van der Waals surface area contributed by atoms with Gasteiger partial charge in [0.25, 0.3) is 0 Å². The Morgan fingerprint density at radius 3 is 2.43 bits per heavy atom. The van der Waals surface area contributed by atoms with Gasteiger partial charge in [-0.15, -0.1) is 0 Å². The molecule has 0 radical (unpaired) electrons. The van der Waals surface area contributed by atoms with Gasteiger partial charge in [-0.25, -0.2) is 13.1 Å².